The van der Waals surface area contributed by atoms with Crippen molar-refractivity contribution in [3.63, 3.8) is 0 Å². The van der Waals surface area contributed by atoms with Gasteiger partial charge in [-0.15, -0.1) is 0 Å². The van der Waals surface area contributed by atoms with Crippen LogP contribution in [0.2, 0.25) is 0 Å². The van der Waals surface area contributed by atoms with E-state index < -0.39 is 0 Å². The Morgan fingerprint density at radius 1 is 1.27 bits per heavy atom. The first kappa shape index (κ1) is 11.2. The Morgan fingerprint density at radius 2 is 1.93 bits per heavy atom. The van der Waals surface area contributed by atoms with E-state index in [0.29, 0.717) is 12.0 Å². The van der Waals surface area contributed by atoms with Gasteiger partial charge in [0.15, 0.2) is 0 Å². The summed E-state index contributed by atoms with van der Waals surface area (Å²) in [4.78, 5) is 0. The monoisotopic (exact) mass is 199 g/mol. The van der Waals surface area contributed by atoms with Crippen LogP contribution in [0.4, 0.5) is 0 Å². The van der Waals surface area contributed by atoms with Gasteiger partial charge >= 0.3 is 0 Å². The first-order valence-corrected chi connectivity index (χ1v) is 4.85. The molecule has 0 aromatic heterocycles. The molecule has 0 fully saturated rings. The van der Waals surface area contributed by atoms with Crippen LogP contribution in [-0.2, 0) is 6.54 Å². The predicted molar refractivity (Wildman–Crippen MR) is 57.7 cm³/mol. The van der Waals surface area contributed by atoms with Gasteiger partial charge in [-0.2, -0.15) is 10.5 Å². The van der Waals surface area contributed by atoms with Crippen LogP contribution in [0.3, 0.4) is 0 Å². The summed E-state index contributed by atoms with van der Waals surface area (Å²) >= 11 is 0. The minimum Gasteiger partial charge on any atom is -0.309 e. The molecule has 1 aromatic carbocycles. The maximum atomic E-state index is 8.61. The van der Waals surface area contributed by atoms with Crippen molar-refractivity contribution >= 4 is 0 Å². The average Bonchev–Trinajstić information content (AvgIpc) is 2.27. The minimum absolute atomic E-state index is 0.200. The summed E-state index contributed by atoms with van der Waals surface area (Å²) in [6.45, 7) is 2.71. The largest absolute Gasteiger partial charge is 0.309 e. The van der Waals surface area contributed by atoms with Gasteiger partial charge in [-0.3, -0.25) is 0 Å². The lowest BCUT2D eigenvalue weighted by molar-refractivity contribution is 0.557. The van der Waals surface area contributed by atoms with Crippen LogP contribution in [-0.4, -0.2) is 6.04 Å². The summed E-state index contributed by atoms with van der Waals surface area (Å²) in [5.74, 6) is 0. The summed E-state index contributed by atoms with van der Waals surface area (Å²) in [5, 5.41) is 20.3. The number of benzene rings is 1. The van der Waals surface area contributed by atoms with Gasteiger partial charge in [0.25, 0.3) is 0 Å². The second-order valence-corrected chi connectivity index (χ2v) is 3.45. The zero-order chi connectivity index (χ0) is 11.1. The Kier molecular flexibility index (Phi) is 4.34. The molecule has 1 N–H and O–H groups in total. The average molecular weight is 199 g/mol. The van der Waals surface area contributed by atoms with E-state index in [0.717, 1.165) is 12.1 Å². The fourth-order valence-electron chi connectivity index (χ4n) is 1.20. The van der Waals surface area contributed by atoms with E-state index in [4.69, 9.17) is 10.5 Å². The molecule has 0 bridgehead atoms. The topological polar surface area (TPSA) is 59.6 Å². The molecule has 1 rings (SSSR count). The molecule has 0 aliphatic heterocycles. The van der Waals surface area contributed by atoms with Gasteiger partial charge in [0.05, 0.1) is 24.1 Å². The van der Waals surface area contributed by atoms with Crippen molar-refractivity contribution in [3.8, 4) is 12.1 Å². The summed E-state index contributed by atoms with van der Waals surface area (Å²) in [6, 6.07) is 11.8. The highest BCUT2D eigenvalue weighted by Gasteiger charge is 2.00. The lowest BCUT2D eigenvalue weighted by Gasteiger charge is -2.09. The quantitative estimate of drug-likeness (QED) is 0.806. The predicted octanol–water partition coefficient (Wildman–Crippen LogP) is 1.95. The van der Waals surface area contributed by atoms with Crippen molar-refractivity contribution in [2.45, 2.75) is 25.9 Å². The Hall–Kier alpha value is -1.84. The zero-order valence-corrected chi connectivity index (χ0v) is 8.70. The fourth-order valence-corrected chi connectivity index (χ4v) is 1.20. The Balaban J connectivity index is 2.45. The molecule has 0 aliphatic rings. The second-order valence-electron chi connectivity index (χ2n) is 3.45. The number of nitrogens with zero attached hydrogens (tertiary/aromatic N) is 2. The smallest absolute Gasteiger partial charge is 0.0991 e. The van der Waals surface area contributed by atoms with Gasteiger partial charge in [0, 0.05) is 12.6 Å². The highest BCUT2D eigenvalue weighted by atomic mass is 14.9. The summed E-state index contributed by atoms with van der Waals surface area (Å²) < 4.78 is 0. The number of hydrogen-bond acceptors (Lipinski definition) is 3. The van der Waals surface area contributed by atoms with Gasteiger partial charge in [-0.25, -0.2) is 0 Å². The number of hydrogen-bond donors (Lipinski definition) is 1. The van der Waals surface area contributed by atoms with Crippen LogP contribution < -0.4 is 5.32 Å². The van der Waals surface area contributed by atoms with E-state index in [2.05, 4.69) is 17.5 Å². The van der Waals surface area contributed by atoms with Crippen LogP contribution in [0.15, 0.2) is 24.3 Å². The molecule has 0 radical (unpaired) electrons. The van der Waals surface area contributed by atoms with E-state index in [1.165, 1.54) is 0 Å². The van der Waals surface area contributed by atoms with Crippen molar-refractivity contribution in [2.75, 3.05) is 0 Å². The van der Waals surface area contributed by atoms with Gasteiger partial charge in [-0.1, -0.05) is 12.1 Å². The number of nitrogens with one attached hydrogen (secondary N) is 1. The Labute approximate surface area is 90.0 Å². The maximum absolute atomic E-state index is 8.61. The molecule has 3 heteroatoms. The van der Waals surface area contributed by atoms with Crippen molar-refractivity contribution in [3.05, 3.63) is 35.4 Å². The van der Waals surface area contributed by atoms with Gasteiger partial charge < -0.3 is 5.32 Å². The first-order chi connectivity index (χ1) is 7.26. The molecular weight excluding hydrogens is 186 g/mol. The van der Waals surface area contributed by atoms with Crippen molar-refractivity contribution < 1.29 is 0 Å². The first-order valence-electron chi connectivity index (χ1n) is 4.85. The van der Waals surface area contributed by atoms with Crippen LogP contribution in [0.5, 0.6) is 0 Å². The minimum atomic E-state index is 0.200. The highest BCUT2D eigenvalue weighted by molar-refractivity contribution is 5.31. The van der Waals surface area contributed by atoms with Gasteiger partial charge in [0.2, 0.25) is 0 Å². The van der Waals surface area contributed by atoms with E-state index in [1.807, 2.05) is 19.1 Å². The van der Waals surface area contributed by atoms with E-state index in [1.54, 1.807) is 12.1 Å². The third-order valence-corrected chi connectivity index (χ3v) is 2.14. The van der Waals surface area contributed by atoms with Gasteiger partial charge in [0.1, 0.15) is 0 Å². The standard InChI is InChI=1S/C12H13N3/c1-10(6-7-13)15-9-12-4-2-11(8-14)3-5-12/h2-5,10,15H,6,9H2,1H3. The Bertz CT molecular complexity index is 381. The molecular formula is C12H13N3. The maximum Gasteiger partial charge on any atom is 0.0991 e. The lowest BCUT2D eigenvalue weighted by Crippen LogP contribution is -2.24. The molecule has 76 valence electrons. The second kappa shape index (κ2) is 5.80. The molecule has 3 nitrogen and oxygen atoms in total. The van der Waals surface area contributed by atoms with Crippen LogP contribution >= 0.6 is 0 Å². The summed E-state index contributed by atoms with van der Waals surface area (Å²) in [7, 11) is 0. The molecule has 0 saturated carbocycles. The third kappa shape index (κ3) is 3.81. The lowest BCUT2D eigenvalue weighted by atomic mass is 10.1. The molecule has 0 saturated heterocycles. The summed E-state index contributed by atoms with van der Waals surface area (Å²) in [5.41, 5.74) is 1.79. The van der Waals surface area contributed by atoms with E-state index in [9.17, 15) is 0 Å². The van der Waals surface area contributed by atoms with Gasteiger partial charge in [-0.05, 0) is 24.6 Å². The van der Waals surface area contributed by atoms with Crippen LogP contribution in [0, 0.1) is 22.7 Å². The van der Waals surface area contributed by atoms with Crippen molar-refractivity contribution in [1.29, 1.82) is 10.5 Å². The summed E-state index contributed by atoms with van der Waals surface area (Å²) in [6.07, 6.45) is 0.510. The zero-order valence-electron chi connectivity index (χ0n) is 8.70. The molecule has 0 spiro atoms. The van der Waals surface area contributed by atoms with Crippen LogP contribution in [0.25, 0.3) is 0 Å². The molecule has 0 amide bonds. The molecule has 1 atom stereocenters. The van der Waals surface area contributed by atoms with E-state index in [-0.39, 0.29) is 6.04 Å². The third-order valence-electron chi connectivity index (χ3n) is 2.14. The SMILES string of the molecule is CC(CC#N)NCc1ccc(C#N)cc1. The van der Waals surface area contributed by atoms with Crippen molar-refractivity contribution in [2.24, 2.45) is 0 Å². The molecule has 1 unspecified atom stereocenters. The van der Waals surface area contributed by atoms with Crippen molar-refractivity contribution in [1.82, 2.24) is 5.32 Å². The fraction of sp³-hybridized carbons (Fsp3) is 0.333. The van der Waals surface area contributed by atoms with Crippen LogP contribution in [0.1, 0.15) is 24.5 Å². The highest BCUT2D eigenvalue weighted by Crippen LogP contribution is 2.03. The number of rotatable bonds is 4. The molecule has 0 heterocycles. The number of nitriles is 2. The Morgan fingerprint density at radius 3 is 2.47 bits per heavy atom. The molecule has 1 aromatic rings. The molecule has 15 heavy (non-hydrogen) atoms. The normalized spacial score (nSPS) is 11.4. The van der Waals surface area contributed by atoms with E-state index >= 15 is 0 Å². The molecule has 0 aliphatic carbocycles.